The second-order valence-corrected chi connectivity index (χ2v) is 11.3. The number of carbonyl (C=O) groups is 2. The maximum atomic E-state index is 13.1. The summed E-state index contributed by atoms with van der Waals surface area (Å²) >= 11 is 12.5. The molecule has 2 amide bonds. The molecule has 1 fully saturated rings. The van der Waals surface area contributed by atoms with Crippen molar-refractivity contribution in [2.45, 2.75) is 32.0 Å². The second-order valence-electron chi connectivity index (χ2n) is 10.5. The van der Waals surface area contributed by atoms with Crippen LogP contribution < -0.4 is 15.5 Å². The molecule has 0 unspecified atom stereocenters. The number of amides is 2. The molecule has 0 aliphatic carbocycles. The van der Waals surface area contributed by atoms with Crippen LogP contribution in [0.4, 0.5) is 11.4 Å². The van der Waals surface area contributed by atoms with Gasteiger partial charge in [-0.1, -0.05) is 41.4 Å². The number of anilines is 2. The Bertz CT molecular complexity index is 1570. The monoisotopic (exact) mass is 604 g/mol. The maximum absolute atomic E-state index is 13.1. The van der Waals surface area contributed by atoms with Crippen LogP contribution in [0.25, 0.3) is 0 Å². The molecule has 0 bridgehead atoms. The molecular formula is C30H30Cl2N8O2. The number of nitrogens with zero attached hydrogens (tertiary/aromatic N) is 6. The lowest BCUT2D eigenvalue weighted by atomic mass is 10.0. The van der Waals surface area contributed by atoms with Crippen LogP contribution in [0.5, 0.6) is 0 Å². The molecule has 42 heavy (non-hydrogen) atoms. The van der Waals surface area contributed by atoms with Crippen molar-refractivity contribution in [2.24, 2.45) is 0 Å². The van der Waals surface area contributed by atoms with Crippen molar-refractivity contribution in [3.8, 4) is 0 Å². The lowest BCUT2D eigenvalue weighted by molar-refractivity contribution is -0.118. The summed E-state index contributed by atoms with van der Waals surface area (Å²) in [5, 5.41) is 11.1. The highest BCUT2D eigenvalue weighted by molar-refractivity contribution is 6.36. The maximum Gasteiger partial charge on any atom is 0.291 e. The third-order valence-electron chi connectivity index (χ3n) is 7.68. The Balaban J connectivity index is 1.04. The fourth-order valence-corrected chi connectivity index (χ4v) is 5.88. The highest BCUT2D eigenvalue weighted by atomic mass is 35.5. The van der Waals surface area contributed by atoms with Gasteiger partial charge in [0.1, 0.15) is 12.4 Å². The Morgan fingerprint density at radius 1 is 1.00 bits per heavy atom. The van der Waals surface area contributed by atoms with Crippen molar-refractivity contribution >= 4 is 46.4 Å². The molecular weight excluding hydrogens is 575 g/mol. The first-order valence-corrected chi connectivity index (χ1v) is 14.6. The minimum atomic E-state index is -0.709. The molecule has 12 heteroatoms. The normalized spacial score (nSPS) is 17.3. The first-order valence-electron chi connectivity index (χ1n) is 13.9. The van der Waals surface area contributed by atoms with E-state index in [4.69, 9.17) is 23.2 Å². The van der Waals surface area contributed by atoms with Crippen molar-refractivity contribution in [1.29, 1.82) is 0 Å². The molecule has 4 aromatic rings. The van der Waals surface area contributed by atoms with Crippen LogP contribution in [-0.4, -0.2) is 68.7 Å². The van der Waals surface area contributed by atoms with Gasteiger partial charge in [-0.05, 0) is 54.3 Å². The molecule has 2 aliphatic heterocycles. The van der Waals surface area contributed by atoms with E-state index in [2.05, 4.69) is 53.7 Å². The number of nitrogens with one attached hydrogen (secondary N) is 2. The van der Waals surface area contributed by atoms with E-state index in [0.717, 1.165) is 49.5 Å². The summed E-state index contributed by atoms with van der Waals surface area (Å²) < 4.78 is 1.49. The average Bonchev–Trinajstić information content (AvgIpc) is 3.41. The summed E-state index contributed by atoms with van der Waals surface area (Å²) in [6.07, 6.45) is 6.21. The number of hydrogen-bond donors (Lipinski definition) is 2. The summed E-state index contributed by atoms with van der Waals surface area (Å²) in [5.41, 5.74) is 4.87. The number of benzene rings is 2. The summed E-state index contributed by atoms with van der Waals surface area (Å²) in [5.74, 6) is -0.803. The average molecular weight is 606 g/mol. The van der Waals surface area contributed by atoms with Crippen LogP contribution in [0.1, 0.15) is 33.7 Å². The Hall–Kier alpha value is -3.99. The quantitative estimate of drug-likeness (QED) is 0.328. The van der Waals surface area contributed by atoms with E-state index in [1.165, 1.54) is 16.7 Å². The minimum absolute atomic E-state index is 0.0287. The number of carbonyl (C=O) groups excluding carboxylic acids is 2. The van der Waals surface area contributed by atoms with Crippen LogP contribution in [0.2, 0.25) is 10.0 Å². The van der Waals surface area contributed by atoms with E-state index in [9.17, 15) is 9.59 Å². The van der Waals surface area contributed by atoms with Gasteiger partial charge in [0.05, 0.1) is 6.54 Å². The summed E-state index contributed by atoms with van der Waals surface area (Å²) in [6, 6.07) is 14.9. The fourth-order valence-electron chi connectivity index (χ4n) is 5.37. The first kappa shape index (κ1) is 28.1. The molecule has 6 rings (SSSR count). The Labute approximate surface area is 253 Å². The number of piperazine rings is 1. The topological polar surface area (TPSA) is 108 Å². The van der Waals surface area contributed by atoms with Crippen LogP contribution >= 0.6 is 23.2 Å². The fraction of sp³-hybridized carbons (Fsp3) is 0.300. The van der Waals surface area contributed by atoms with Gasteiger partial charge in [-0.2, -0.15) is 0 Å². The lowest BCUT2D eigenvalue weighted by Gasteiger charge is -2.36. The van der Waals surface area contributed by atoms with Crippen LogP contribution in [0.15, 0.2) is 67.3 Å². The van der Waals surface area contributed by atoms with Gasteiger partial charge in [0.2, 0.25) is 11.7 Å². The molecule has 216 valence electrons. The standard InChI is InChI=1S/C30H30Cl2N8O2/c31-24-2-1-3-25(32)23(24)18-40-19-34-28(37-40)30(42)35-26-7-6-21-5-4-20(16-27(21)36-29(26)41)17-38-12-14-39(15-13-38)22-8-10-33-11-9-22/h1-5,8-11,16,19,26H,6-7,12-15,17-18H2,(H,35,42)(H,36,41)/t26-/m1/s1. The zero-order chi connectivity index (χ0) is 29.1. The van der Waals surface area contributed by atoms with Gasteiger partial charge in [-0.25, -0.2) is 9.67 Å². The van der Waals surface area contributed by atoms with Crippen molar-refractivity contribution < 1.29 is 9.59 Å². The van der Waals surface area contributed by atoms with E-state index < -0.39 is 11.9 Å². The minimum Gasteiger partial charge on any atom is -0.369 e. The van der Waals surface area contributed by atoms with Gasteiger partial charge in [0.25, 0.3) is 5.91 Å². The second kappa shape index (κ2) is 12.5. The SMILES string of the molecule is O=C(N[C@@H]1CCc2ccc(CN3CCN(c4ccncc4)CC3)cc2NC1=O)c1ncn(Cc2c(Cl)cccc2Cl)n1. The van der Waals surface area contributed by atoms with Gasteiger partial charge in [-0.3, -0.25) is 19.5 Å². The summed E-state index contributed by atoms with van der Waals surface area (Å²) in [4.78, 5) is 39.1. The number of rotatable bonds is 7. The molecule has 10 nitrogen and oxygen atoms in total. The number of pyridine rings is 1. The number of halogens is 2. The molecule has 2 aliphatic rings. The molecule has 4 heterocycles. The number of fused-ring (bicyclic) bond motifs is 1. The van der Waals surface area contributed by atoms with Gasteiger partial charge in [-0.15, -0.1) is 5.10 Å². The Kier molecular flexibility index (Phi) is 8.36. The van der Waals surface area contributed by atoms with Crippen molar-refractivity contribution in [3.63, 3.8) is 0 Å². The van der Waals surface area contributed by atoms with E-state index in [0.29, 0.717) is 28.5 Å². The molecule has 0 saturated carbocycles. The largest absolute Gasteiger partial charge is 0.369 e. The third-order valence-corrected chi connectivity index (χ3v) is 8.39. The Morgan fingerprint density at radius 3 is 2.52 bits per heavy atom. The van der Waals surface area contributed by atoms with E-state index in [1.54, 1.807) is 18.2 Å². The highest BCUT2D eigenvalue weighted by Crippen LogP contribution is 2.26. The van der Waals surface area contributed by atoms with Crippen molar-refractivity contribution in [2.75, 3.05) is 36.4 Å². The molecule has 1 atom stereocenters. The predicted octanol–water partition coefficient (Wildman–Crippen LogP) is 4.03. The molecule has 2 N–H and O–H groups in total. The molecule has 2 aromatic carbocycles. The molecule has 1 saturated heterocycles. The van der Waals surface area contributed by atoms with Gasteiger partial charge in [0.15, 0.2) is 0 Å². The highest BCUT2D eigenvalue weighted by Gasteiger charge is 2.27. The lowest BCUT2D eigenvalue weighted by Crippen LogP contribution is -2.46. The van der Waals surface area contributed by atoms with E-state index >= 15 is 0 Å². The van der Waals surface area contributed by atoms with Gasteiger partial charge >= 0.3 is 0 Å². The third kappa shape index (κ3) is 6.41. The van der Waals surface area contributed by atoms with Crippen molar-refractivity contribution in [1.82, 2.24) is 30.0 Å². The van der Waals surface area contributed by atoms with E-state index in [1.807, 2.05) is 24.5 Å². The Morgan fingerprint density at radius 2 is 1.76 bits per heavy atom. The molecule has 2 aromatic heterocycles. The van der Waals surface area contributed by atoms with Crippen molar-refractivity contribution in [3.05, 3.63) is 99.8 Å². The van der Waals surface area contributed by atoms with Gasteiger partial charge in [0, 0.05) is 72.1 Å². The first-order chi connectivity index (χ1) is 20.4. The number of aryl methyl sites for hydroxylation is 1. The number of hydrogen-bond acceptors (Lipinski definition) is 7. The molecule has 0 radical (unpaired) electrons. The summed E-state index contributed by atoms with van der Waals surface area (Å²) in [7, 11) is 0. The van der Waals surface area contributed by atoms with Gasteiger partial charge < -0.3 is 15.5 Å². The summed E-state index contributed by atoms with van der Waals surface area (Å²) in [6.45, 7) is 4.88. The zero-order valence-electron chi connectivity index (χ0n) is 22.8. The number of aromatic nitrogens is 4. The van der Waals surface area contributed by atoms with Crippen LogP contribution in [-0.2, 0) is 24.3 Å². The van der Waals surface area contributed by atoms with Crippen LogP contribution in [0, 0.1) is 0 Å². The van der Waals surface area contributed by atoms with Crippen LogP contribution in [0.3, 0.4) is 0 Å². The smallest absolute Gasteiger partial charge is 0.291 e. The molecule has 0 spiro atoms. The zero-order valence-corrected chi connectivity index (χ0v) is 24.4. The van der Waals surface area contributed by atoms with E-state index in [-0.39, 0.29) is 18.3 Å². The predicted molar refractivity (Wildman–Crippen MR) is 162 cm³/mol.